The number of ether oxygens (including phenoxy) is 8. The molecule has 27 heteroatoms. The van der Waals surface area contributed by atoms with Crippen molar-refractivity contribution in [3.8, 4) is 28.7 Å². The maximum Gasteiger partial charge on any atom is 0.460 e. The van der Waals surface area contributed by atoms with Crippen LogP contribution in [0.4, 0.5) is 0 Å². The SMILES string of the molecule is CCC(C)(C)c1ccc(OP(O)Oc2ccccc2C2OCCO2)c(SC2=CC(C(C)(C)CC)CC=C2OP(O)Oc2ccccc2C2OCCO2)c1.O=S=O.OP(O)Oc1ccccc1C1OCCO1.OPOc1ccccc1C1OCCO1. The van der Waals surface area contributed by atoms with Gasteiger partial charge in [0.05, 0.1) is 84.9 Å². The van der Waals surface area contributed by atoms with Gasteiger partial charge in [-0.1, -0.05) is 145 Å². The summed E-state index contributed by atoms with van der Waals surface area (Å²) < 4.78 is 95.0. The van der Waals surface area contributed by atoms with Crippen molar-refractivity contribution in [2.24, 2.45) is 11.3 Å². The number of allylic oxidation sites excluding steroid dienone is 2. The third-order valence-corrected chi connectivity index (χ3v) is 17.3. The van der Waals surface area contributed by atoms with Gasteiger partial charge in [0.1, 0.15) is 34.5 Å². The summed E-state index contributed by atoms with van der Waals surface area (Å²) in [6, 6.07) is 35.0. The second-order valence-corrected chi connectivity index (χ2v) is 24.2. The van der Waals surface area contributed by atoms with Crippen LogP contribution >= 0.6 is 46.6 Å². The molecule has 0 radical (unpaired) electrons. The van der Waals surface area contributed by atoms with Crippen molar-refractivity contribution < 1.29 is 97.9 Å². The minimum Gasteiger partial charge on any atom is -0.449 e. The van der Waals surface area contributed by atoms with Crippen molar-refractivity contribution >= 4 is 58.2 Å². The van der Waals surface area contributed by atoms with Crippen molar-refractivity contribution in [2.45, 2.75) is 96.3 Å². The minimum absolute atomic E-state index is 0.00723. The van der Waals surface area contributed by atoms with E-state index in [9.17, 15) is 9.79 Å². The first-order valence-corrected chi connectivity index (χ1v) is 32.9. The molecule has 4 atom stereocenters. The van der Waals surface area contributed by atoms with E-state index in [1.54, 1.807) is 36.4 Å². The highest BCUT2D eigenvalue weighted by Crippen LogP contribution is 2.52. The van der Waals surface area contributed by atoms with E-state index in [1.807, 2.05) is 78.9 Å². The molecule has 4 heterocycles. The Morgan fingerprint density at radius 2 is 0.918 bits per heavy atom. The molecular weight excluding hydrogens is 1220 g/mol. The predicted molar refractivity (Wildman–Crippen MR) is 322 cm³/mol. The van der Waals surface area contributed by atoms with Crippen LogP contribution in [0.3, 0.4) is 0 Å². The molecule has 85 heavy (non-hydrogen) atoms. The van der Waals surface area contributed by atoms with Crippen molar-refractivity contribution in [2.75, 3.05) is 52.9 Å². The quantitative estimate of drug-likeness (QED) is 0.0403. The van der Waals surface area contributed by atoms with Crippen LogP contribution in [-0.4, -0.2) is 85.7 Å². The zero-order valence-corrected chi connectivity index (χ0v) is 53.0. The van der Waals surface area contributed by atoms with Crippen LogP contribution in [0, 0.1) is 11.3 Å². The first kappa shape index (κ1) is 68.2. The fraction of sp³-hybridized carbons (Fsp3) is 0.414. The summed E-state index contributed by atoms with van der Waals surface area (Å²) in [5.41, 5.74) is 3.87. The van der Waals surface area contributed by atoms with Gasteiger partial charge >= 0.3 is 37.4 Å². The van der Waals surface area contributed by atoms with Gasteiger partial charge in [-0.3, -0.25) is 0 Å². The molecule has 4 fully saturated rings. The number of hydrogen-bond donors (Lipinski definition) is 5. The lowest BCUT2D eigenvalue weighted by Crippen LogP contribution is -2.23. The van der Waals surface area contributed by atoms with Crippen LogP contribution in [0.1, 0.15) is 114 Å². The van der Waals surface area contributed by atoms with Gasteiger partial charge in [-0.25, -0.2) is 0 Å². The van der Waals surface area contributed by atoms with Crippen LogP contribution < -0.4 is 22.6 Å². The second-order valence-electron chi connectivity index (χ2n) is 20.2. The Hall–Kier alpha value is -4.25. The topological polar surface area (TPSA) is 265 Å². The van der Waals surface area contributed by atoms with Crippen LogP contribution in [0.15, 0.2) is 143 Å². The van der Waals surface area contributed by atoms with E-state index in [-0.39, 0.29) is 23.0 Å². The van der Waals surface area contributed by atoms with E-state index in [0.717, 1.165) is 40.2 Å². The van der Waals surface area contributed by atoms with Crippen LogP contribution in [-0.2, 0) is 59.4 Å². The van der Waals surface area contributed by atoms with Gasteiger partial charge in [-0.05, 0) is 77.6 Å². The highest BCUT2D eigenvalue weighted by molar-refractivity contribution is 8.03. The molecule has 5 aromatic carbocycles. The fourth-order valence-electron chi connectivity index (χ4n) is 8.75. The summed E-state index contributed by atoms with van der Waals surface area (Å²) >= 11 is 0.714. The molecule has 4 aliphatic heterocycles. The van der Waals surface area contributed by atoms with Crippen molar-refractivity contribution in [1.29, 1.82) is 0 Å². The van der Waals surface area contributed by atoms with Crippen LogP contribution in [0.25, 0.3) is 0 Å². The average molecular weight is 1290 g/mol. The molecule has 21 nitrogen and oxygen atoms in total. The normalized spacial score (nSPS) is 18.5. The zero-order chi connectivity index (χ0) is 60.8. The largest absolute Gasteiger partial charge is 0.460 e. The number of rotatable bonds is 22. The Morgan fingerprint density at radius 3 is 1.33 bits per heavy atom. The Kier molecular flexibility index (Phi) is 27.7. The third-order valence-electron chi connectivity index (χ3n) is 14.1. The molecule has 0 aromatic heterocycles. The lowest BCUT2D eigenvalue weighted by molar-refractivity contribution is -0.0452. The summed E-state index contributed by atoms with van der Waals surface area (Å²) in [6.07, 6.45) is 4.91. The summed E-state index contributed by atoms with van der Waals surface area (Å²) in [5.74, 6) is 3.02. The van der Waals surface area contributed by atoms with Gasteiger partial charge in [0.25, 0.3) is 0 Å². The second kappa shape index (κ2) is 34.5. The van der Waals surface area contributed by atoms with E-state index in [4.69, 9.17) is 88.1 Å². The van der Waals surface area contributed by atoms with Crippen LogP contribution in [0.2, 0.25) is 0 Å². The predicted octanol–water partition coefficient (Wildman–Crippen LogP) is 13.0. The number of benzene rings is 5. The molecule has 0 bridgehead atoms. The monoisotopic (exact) mass is 1290 g/mol. The summed E-state index contributed by atoms with van der Waals surface area (Å²) in [6.45, 7) is 17.5. The maximum absolute atomic E-state index is 11.2. The molecule has 5 N–H and O–H groups in total. The molecule has 5 aliphatic rings. The van der Waals surface area contributed by atoms with E-state index < -0.39 is 65.3 Å². The van der Waals surface area contributed by atoms with Gasteiger partial charge in [0.15, 0.2) is 25.2 Å². The van der Waals surface area contributed by atoms with Crippen LogP contribution in [0.5, 0.6) is 28.7 Å². The Bertz CT molecular complexity index is 2960. The smallest absolute Gasteiger partial charge is 0.449 e. The van der Waals surface area contributed by atoms with Gasteiger partial charge in [-0.15, -0.1) is 0 Å². The lowest BCUT2D eigenvalue weighted by atomic mass is 9.73. The van der Waals surface area contributed by atoms with E-state index in [1.165, 1.54) is 11.8 Å². The van der Waals surface area contributed by atoms with E-state index >= 15 is 0 Å². The van der Waals surface area contributed by atoms with Gasteiger partial charge in [0, 0.05) is 0 Å². The van der Waals surface area contributed by atoms with Crippen molar-refractivity contribution in [3.63, 3.8) is 0 Å². The Labute approximate surface area is 508 Å². The standard InChI is InChI=1S/C40H50O10P2S.C9H11O5P.C9H11O4P.O2S/c1-7-39(3,4)27-17-19-33(49-51(41)47-31-15-11-9-13-29(31)37-43-21-22-44-37)35(25-27)53-36-26-28(40(5,6)8-2)18-20-34(36)50-52(42)48-32-16-12-10-14-30(32)38-45-23-24-46-38;10-15(11)14-8-4-2-1-3-7(8)9-12-5-6-13-9;10-14-13-8-4-2-1-3-7(8)9-11-5-6-12-9;1-3-2/h9-17,19-20,25-26,28,37-38,41-42H,7-8,18,21-24H2,1-6H3;1-4,9-11H,5-6H2;1-4,9-10,14H,5-6H2;. The summed E-state index contributed by atoms with van der Waals surface area (Å²) in [4.78, 5) is 50.4. The molecule has 4 saturated heterocycles. The fourth-order valence-corrected chi connectivity index (χ4v) is 12.0. The molecule has 462 valence electrons. The van der Waals surface area contributed by atoms with Gasteiger partial charge in [-0.2, -0.15) is 8.42 Å². The molecule has 0 spiro atoms. The van der Waals surface area contributed by atoms with E-state index in [0.29, 0.717) is 104 Å². The van der Waals surface area contributed by atoms with Crippen molar-refractivity contribution in [3.05, 3.63) is 166 Å². The van der Waals surface area contributed by atoms with Crippen molar-refractivity contribution in [1.82, 2.24) is 0 Å². The lowest BCUT2D eigenvalue weighted by Gasteiger charge is -2.34. The molecule has 1 aliphatic carbocycles. The molecule has 10 rings (SSSR count). The van der Waals surface area contributed by atoms with Gasteiger partial charge < -0.3 is 89.5 Å². The highest BCUT2D eigenvalue weighted by atomic mass is 32.2. The van der Waals surface area contributed by atoms with E-state index in [2.05, 4.69) is 53.7 Å². The first-order valence-electron chi connectivity index (χ1n) is 27.1. The molecule has 4 unspecified atom stereocenters. The number of para-hydroxylation sites is 4. The Balaban J connectivity index is 0.000000259. The highest BCUT2D eigenvalue weighted by Gasteiger charge is 2.34. The average Bonchev–Trinajstić information content (AvgIpc) is 4.58. The van der Waals surface area contributed by atoms with Gasteiger partial charge in [0.2, 0.25) is 9.03 Å². The molecule has 0 amide bonds. The molecule has 5 aromatic rings. The third kappa shape index (κ3) is 20.1. The minimum atomic E-state index is -2.42. The summed E-state index contributed by atoms with van der Waals surface area (Å²) in [5, 5.41) is 0. The first-order chi connectivity index (χ1) is 41.1. The number of thioether (sulfide) groups is 1. The maximum atomic E-state index is 11.2. The summed E-state index contributed by atoms with van der Waals surface area (Å²) in [7, 11) is -7.77. The molecule has 0 saturated carbocycles. The number of hydrogen-bond acceptors (Lipinski definition) is 22. The molecular formula is C58H72O21P4S2. The Morgan fingerprint density at radius 1 is 0.529 bits per heavy atom. The zero-order valence-electron chi connectivity index (χ0n) is 47.7.